The van der Waals surface area contributed by atoms with Gasteiger partial charge in [0, 0.05) is 35.4 Å². The molecule has 0 aliphatic carbocycles. The van der Waals surface area contributed by atoms with E-state index in [4.69, 9.17) is 27.9 Å². The molecule has 210 valence electrons. The third-order valence-electron chi connectivity index (χ3n) is 8.24. The quantitative estimate of drug-likeness (QED) is 0.254. The lowest BCUT2D eigenvalue weighted by atomic mass is 9.66. The van der Waals surface area contributed by atoms with Crippen LogP contribution >= 0.6 is 23.2 Å². The van der Waals surface area contributed by atoms with Crippen LogP contribution in [-0.4, -0.2) is 54.6 Å². The number of urea groups is 1. The maximum Gasteiger partial charge on any atom is 0.320 e. The summed E-state index contributed by atoms with van der Waals surface area (Å²) in [7, 11) is 0. The third kappa shape index (κ3) is 5.16. The average Bonchev–Trinajstić information content (AvgIpc) is 3.27. The molecule has 3 amide bonds. The Morgan fingerprint density at radius 1 is 0.854 bits per heavy atom. The normalized spacial score (nSPS) is 21.7. The van der Waals surface area contributed by atoms with Gasteiger partial charge in [0.15, 0.2) is 0 Å². The van der Waals surface area contributed by atoms with Gasteiger partial charge < -0.3 is 19.9 Å². The summed E-state index contributed by atoms with van der Waals surface area (Å²) in [6.45, 7) is 2.78. The van der Waals surface area contributed by atoms with Gasteiger partial charge in [-0.15, -0.1) is 0 Å². The van der Waals surface area contributed by atoms with E-state index in [-0.39, 0.29) is 11.9 Å². The Kier molecular flexibility index (Phi) is 7.89. The number of morpholine rings is 1. The van der Waals surface area contributed by atoms with E-state index in [1.807, 2.05) is 76.5 Å². The van der Waals surface area contributed by atoms with Crippen molar-refractivity contribution in [1.29, 1.82) is 0 Å². The molecule has 3 heterocycles. The second-order valence-electron chi connectivity index (χ2n) is 10.6. The van der Waals surface area contributed by atoms with Crippen molar-refractivity contribution < 1.29 is 14.3 Å². The van der Waals surface area contributed by atoms with E-state index in [2.05, 4.69) is 29.6 Å². The number of ether oxygens (including phenoxy) is 1. The Morgan fingerprint density at radius 2 is 1.59 bits per heavy atom. The zero-order chi connectivity index (χ0) is 28.4. The lowest BCUT2D eigenvalue weighted by molar-refractivity contribution is -0.125. The number of carbonyl (C=O) groups excluding carboxylic acids is 2. The maximum absolute atomic E-state index is 13.9. The van der Waals surface area contributed by atoms with E-state index in [0.29, 0.717) is 44.3 Å². The van der Waals surface area contributed by atoms with Gasteiger partial charge in [0.25, 0.3) is 0 Å². The minimum atomic E-state index is -0.885. The number of rotatable bonds is 1. The number of hydrogen-bond donors (Lipinski definition) is 1. The number of anilines is 1. The van der Waals surface area contributed by atoms with Crippen molar-refractivity contribution in [2.45, 2.75) is 24.3 Å². The topological polar surface area (TPSA) is 61.9 Å². The van der Waals surface area contributed by atoms with E-state index in [1.165, 1.54) is 0 Å². The number of fused-ring (bicyclic) bond motifs is 3. The van der Waals surface area contributed by atoms with Crippen LogP contribution in [0, 0.1) is 0 Å². The van der Waals surface area contributed by atoms with Crippen LogP contribution in [0.2, 0.25) is 10.0 Å². The number of benzene rings is 4. The molecule has 0 bridgehead atoms. The molecule has 2 saturated heterocycles. The molecule has 7 rings (SSSR count). The van der Waals surface area contributed by atoms with Crippen LogP contribution in [0.25, 0.3) is 10.8 Å². The summed E-state index contributed by atoms with van der Waals surface area (Å²) in [5.74, 6) is -0.0674. The molecule has 0 unspecified atom stereocenters. The van der Waals surface area contributed by atoms with Crippen LogP contribution in [0.4, 0.5) is 10.5 Å². The van der Waals surface area contributed by atoms with Crippen LogP contribution in [-0.2, 0) is 14.9 Å². The summed E-state index contributed by atoms with van der Waals surface area (Å²) in [6, 6.07) is 28.9. The highest BCUT2D eigenvalue weighted by molar-refractivity contribution is 6.31. The van der Waals surface area contributed by atoms with E-state index in [0.717, 1.165) is 39.0 Å². The van der Waals surface area contributed by atoms with Gasteiger partial charge in [0.2, 0.25) is 5.91 Å². The maximum atomic E-state index is 13.9. The predicted molar refractivity (Wildman–Crippen MR) is 164 cm³/mol. The van der Waals surface area contributed by atoms with Gasteiger partial charge in [-0.05, 0) is 59.0 Å². The monoisotopic (exact) mass is 587 g/mol. The molecule has 2 atom stereocenters. The fourth-order valence-corrected chi connectivity index (χ4v) is 6.74. The second-order valence-corrected chi connectivity index (χ2v) is 11.4. The lowest BCUT2D eigenvalue weighted by Gasteiger charge is -2.49. The van der Waals surface area contributed by atoms with Crippen LogP contribution in [0.1, 0.15) is 30.0 Å². The van der Waals surface area contributed by atoms with Gasteiger partial charge in [-0.3, -0.25) is 4.79 Å². The molecule has 8 heteroatoms. The number of likely N-dealkylation sites (tertiary alicyclic amines) is 1. The number of piperidine rings is 1. The molecule has 1 N–H and O–H groups in total. The molecule has 2 fully saturated rings. The first-order chi connectivity index (χ1) is 20.0. The highest BCUT2D eigenvalue weighted by Crippen LogP contribution is 2.55. The summed E-state index contributed by atoms with van der Waals surface area (Å²) in [6.07, 6.45) is 1.40. The fraction of sp³-hybridized carbons (Fsp3) is 0.273. The van der Waals surface area contributed by atoms with Gasteiger partial charge in [-0.2, -0.15) is 0 Å². The minimum Gasteiger partial charge on any atom is -0.378 e. The van der Waals surface area contributed by atoms with E-state index in [1.54, 1.807) is 0 Å². The van der Waals surface area contributed by atoms with Crippen molar-refractivity contribution >= 4 is 51.6 Å². The highest BCUT2D eigenvalue weighted by atomic mass is 35.5. The summed E-state index contributed by atoms with van der Waals surface area (Å²) in [5, 5.41) is 6.62. The zero-order valence-corrected chi connectivity index (χ0v) is 24.1. The molecule has 6 nitrogen and oxygen atoms in total. The van der Waals surface area contributed by atoms with Crippen molar-refractivity contribution in [1.82, 2.24) is 9.80 Å². The van der Waals surface area contributed by atoms with E-state index in [9.17, 15) is 9.59 Å². The Bertz CT molecular complexity index is 1570. The van der Waals surface area contributed by atoms with E-state index < -0.39 is 11.5 Å². The van der Waals surface area contributed by atoms with Crippen LogP contribution in [0.15, 0.2) is 91.0 Å². The van der Waals surface area contributed by atoms with Crippen LogP contribution in [0.3, 0.4) is 0 Å². The molecule has 0 saturated carbocycles. The van der Waals surface area contributed by atoms with Crippen molar-refractivity contribution in [3.05, 3.63) is 112 Å². The van der Waals surface area contributed by atoms with Crippen LogP contribution < -0.4 is 5.32 Å². The molecule has 3 aliphatic heterocycles. The minimum absolute atomic E-state index is 0.0319. The highest BCUT2D eigenvalue weighted by Gasteiger charge is 2.57. The molecule has 4 aromatic rings. The Morgan fingerprint density at radius 3 is 2.34 bits per heavy atom. The lowest BCUT2D eigenvalue weighted by Crippen LogP contribution is -2.58. The molecule has 1 spiro atoms. The molecule has 3 aliphatic rings. The molecular weight excluding hydrogens is 557 g/mol. The zero-order valence-electron chi connectivity index (χ0n) is 22.6. The van der Waals surface area contributed by atoms with Crippen molar-refractivity contribution in [3.63, 3.8) is 0 Å². The standard InChI is InChI=1S/C27H26ClN3O3.C6H5Cl/c28-19-9-10-22-23(17-19)29-25(32)27(22)11-4-12-31(26(33)30-13-15-34-16-14-30)24(27)21-8-3-6-18-5-1-2-7-20(18)21;7-6-4-2-1-3-5-6/h1-3,5-10,17,24H,4,11-16H2,(H,29,32);1-5H/t24-,27-;/m1./s1. The van der Waals surface area contributed by atoms with Crippen LogP contribution in [0.5, 0.6) is 0 Å². The number of nitrogens with one attached hydrogen (secondary N) is 1. The molecule has 0 radical (unpaired) electrons. The Labute approximate surface area is 249 Å². The van der Waals surface area contributed by atoms with Gasteiger partial charge >= 0.3 is 6.03 Å². The summed E-state index contributed by atoms with van der Waals surface area (Å²) >= 11 is 11.8. The molecule has 41 heavy (non-hydrogen) atoms. The number of carbonyl (C=O) groups is 2. The van der Waals surface area contributed by atoms with Gasteiger partial charge in [0.05, 0.1) is 19.3 Å². The largest absolute Gasteiger partial charge is 0.378 e. The van der Waals surface area contributed by atoms with Crippen molar-refractivity contribution in [2.75, 3.05) is 38.2 Å². The SMILES string of the molecule is Clc1ccccc1.O=C(N1CCOCC1)N1CCC[C@]2(C(=O)Nc3cc(Cl)ccc32)[C@H]1c1cccc2ccccc12. The van der Waals surface area contributed by atoms with Gasteiger partial charge in [0.1, 0.15) is 5.41 Å². The fourth-order valence-electron chi connectivity index (χ4n) is 6.42. The van der Waals surface area contributed by atoms with Crippen molar-refractivity contribution in [3.8, 4) is 0 Å². The summed E-state index contributed by atoms with van der Waals surface area (Å²) in [4.78, 5) is 31.6. The smallest absolute Gasteiger partial charge is 0.320 e. The van der Waals surface area contributed by atoms with E-state index >= 15 is 0 Å². The number of hydrogen-bond acceptors (Lipinski definition) is 3. The Hall–Kier alpha value is -3.58. The Balaban J connectivity index is 0.000000380. The third-order valence-corrected chi connectivity index (χ3v) is 8.73. The van der Waals surface area contributed by atoms with Gasteiger partial charge in [-0.1, -0.05) is 89.9 Å². The first kappa shape index (κ1) is 27.6. The van der Waals surface area contributed by atoms with Crippen molar-refractivity contribution in [2.24, 2.45) is 0 Å². The first-order valence-electron chi connectivity index (χ1n) is 13.9. The summed E-state index contributed by atoms with van der Waals surface area (Å²) in [5.41, 5.74) is 1.77. The molecule has 4 aromatic carbocycles. The number of amides is 3. The first-order valence-corrected chi connectivity index (χ1v) is 14.7. The second kappa shape index (κ2) is 11.7. The predicted octanol–water partition coefficient (Wildman–Crippen LogP) is 7.31. The number of halogens is 2. The number of nitrogens with zero attached hydrogens (tertiary/aromatic N) is 2. The summed E-state index contributed by atoms with van der Waals surface area (Å²) < 4.78 is 5.49. The van der Waals surface area contributed by atoms with Gasteiger partial charge in [-0.25, -0.2) is 4.79 Å². The average molecular weight is 589 g/mol. The molecular formula is C33H31Cl2N3O3. The molecule has 0 aromatic heterocycles.